The maximum Gasteiger partial charge on any atom is 0.161 e. The summed E-state index contributed by atoms with van der Waals surface area (Å²) in [4.78, 5) is 4.25. The Balaban J connectivity index is 1.83. The maximum atomic E-state index is 14.0. The highest BCUT2D eigenvalue weighted by Crippen LogP contribution is 2.31. The predicted octanol–water partition coefficient (Wildman–Crippen LogP) is 3.85. The quantitative estimate of drug-likeness (QED) is 0.702. The number of aryl methyl sites for hydroxylation is 1. The molecule has 0 aliphatic carbocycles. The lowest BCUT2D eigenvalue weighted by Crippen LogP contribution is -2.13. The number of benzene rings is 2. The number of hydrogen-bond acceptors (Lipinski definition) is 5. The number of pyridine rings is 1. The standard InChI is InChI=1S/C20H21FN2O3/c1-12-9-16(14-5-4-6-15(21)20(14)23-12)22-11-17(24)13-7-8-18(25-2)19(10-13)26-3/h4-10,17,24H,11H2,1-3H3,(H,22,23). The molecule has 136 valence electrons. The molecule has 1 atom stereocenters. The Labute approximate surface area is 151 Å². The molecule has 3 aromatic rings. The van der Waals surface area contributed by atoms with Crippen LogP contribution in [0.25, 0.3) is 10.9 Å². The number of aliphatic hydroxyl groups is 1. The van der Waals surface area contributed by atoms with E-state index in [0.717, 1.165) is 5.69 Å². The number of rotatable bonds is 6. The molecule has 5 nitrogen and oxygen atoms in total. The summed E-state index contributed by atoms with van der Waals surface area (Å²) in [6, 6.07) is 11.9. The van der Waals surface area contributed by atoms with Crippen molar-refractivity contribution >= 4 is 16.6 Å². The van der Waals surface area contributed by atoms with Crippen LogP contribution in [0.5, 0.6) is 11.5 Å². The van der Waals surface area contributed by atoms with Crippen LogP contribution < -0.4 is 14.8 Å². The minimum atomic E-state index is -0.771. The SMILES string of the molecule is COc1ccc(C(O)CNc2cc(C)nc3c(F)cccc23)cc1OC. The van der Waals surface area contributed by atoms with Crippen LogP contribution in [-0.2, 0) is 0 Å². The summed E-state index contributed by atoms with van der Waals surface area (Å²) in [6.45, 7) is 2.06. The van der Waals surface area contributed by atoms with E-state index in [1.165, 1.54) is 6.07 Å². The van der Waals surface area contributed by atoms with Crippen molar-refractivity contribution in [2.24, 2.45) is 0 Å². The van der Waals surface area contributed by atoms with Crippen molar-refractivity contribution in [2.45, 2.75) is 13.0 Å². The highest BCUT2D eigenvalue weighted by molar-refractivity contribution is 5.91. The fourth-order valence-corrected chi connectivity index (χ4v) is 2.87. The molecule has 1 unspecified atom stereocenters. The molecule has 0 saturated heterocycles. The third kappa shape index (κ3) is 3.55. The van der Waals surface area contributed by atoms with E-state index in [4.69, 9.17) is 9.47 Å². The highest BCUT2D eigenvalue weighted by Gasteiger charge is 2.13. The second kappa shape index (κ2) is 7.58. The van der Waals surface area contributed by atoms with Gasteiger partial charge in [0.15, 0.2) is 11.5 Å². The number of aromatic nitrogens is 1. The minimum Gasteiger partial charge on any atom is -0.493 e. The van der Waals surface area contributed by atoms with Gasteiger partial charge in [0.2, 0.25) is 0 Å². The van der Waals surface area contributed by atoms with E-state index in [1.807, 2.05) is 13.0 Å². The summed E-state index contributed by atoms with van der Waals surface area (Å²) in [6.07, 6.45) is -0.771. The summed E-state index contributed by atoms with van der Waals surface area (Å²) in [5.41, 5.74) is 2.43. The van der Waals surface area contributed by atoms with Crippen LogP contribution >= 0.6 is 0 Å². The summed E-state index contributed by atoms with van der Waals surface area (Å²) < 4.78 is 24.5. The van der Waals surface area contributed by atoms with Crippen LogP contribution in [0, 0.1) is 12.7 Å². The highest BCUT2D eigenvalue weighted by atomic mass is 19.1. The molecule has 0 amide bonds. The number of anilines is 1. The number of nitrogens with zero attached hydrogens (tertiary/aromatic N) is 1. The number of ether oxygens (including phenoxy) is 2. The molecule has 0 fully saturated rings. The van der Waals surface area contributed by atoms with Gasteiger partial charge in [-0.2, -0.15) is 0 Å². The zero-order valence-corrected chi connectivity index (χ0v) is 14.9. The van der Waals surface area contributed by atoms with Crippen molar-refractivity contribution in [1.82, 2.24) is 4.98 Å². The zero-order chi connectivity index (χ0) is 18.7. The maximum absolute atomic E-state index is 14.0. The third-order valence-electron chi connectivity index (χ3n) is 4.20. The van der Waals surface area contributed by atoms with Gasteiger partial charge in [-0.3, -0.25) is 0 Å². The first-order valence-corrected chi connectivity index (χ1v) is 8.23. The summed E-state index contributed by atoms with van der Waals surface area (Å²) in [5.74, 6) is 0.786. The van der Waals surface area contributed by atoms with Gasteiger partial charge in [-0.05, 0) is 36.8 Å². The van der Waals surface area contributed by atoms with Gasteiger partial charge in [-0.15, -0.1) is 0 Å². The second-order valence-electron chi connectivity index (χ2n) is 5.96. The first kappa shape index (κ1) is 17.9. The van der Waals surface area contributed by atoms with Crippen LogP contribution in [0.2, 0.25) is 0 Å². The van der Waals surface area contributed by atoms with E-state index in [-0.39, 0.29) is 12.4 Å². The van der Waals surface area contributed by atoms with Gasteiger partial charge in [-0.25, -0.2) is 9.37 Å². The van der Waals surface area contributed by atoms with Crippen molar-refractivity contribution < 1.29 is 19.0 Å². The lowest BCUT2D eigenvalue weighted by molar-refractivity contribution is 0.191. The normalized spacial score (nSPS) is 12.0. The summed E-state index contributed by atoms with van der Waals surface area (Å²) in [5, 5.41) is 14.4. The Morgan fingerprint density at radius 2 is 1.88 bits per heavy atom. The lowest BCUT2D eigenvalue weighted by Gasteiger charge is -2.17. The van der Waals surface area contributed by atoms with E-state index in [1.54, 1.807) is 44.6 Å². The summed E-state index contributed by atoms with van der Waals surface area (Å²) in [7, 11) is 3.11. The Morgan fingerprint density at radius 3 is 2.62 bits per heavy atom. The number of halogens is 1. The molecule has 2 N–H and O–H groups in total. The molecule has 0 radical (unpaired) electrons. The zero-order valence-electron chi connectivity index (χ0n) is 14.9. The third-order valence-corrected chi connectivity index (χ3v) is 4.20. The van der Waals surface area contributed by atoms with E-state index in [2.05, 4.69) is 10.3 Å². The molecule has 0 aliphatic rings. The van der Waals surface area contributed by atoms with Gasteiger partial charge in [0.05, 0.1) is 20.3 Å². The van der Waals surface area contributed by atoms with Gasteiger partial charge in [0.25, 0.3) is 0 Å². The number of aliphatic hydroxyl groups excluding tert-OH is 1. The number of fused-ring (bicyclic) bond motifs is 1. The average molecular weight is 356 g/mol. The van der Waals surface area contributed by atoms with Crippen LogP contribution in [0.15, 0.2) is 42.5 Å². The van der Waals surface area contributed by atoms with Gasteiger partial charge in [-0.1, -0.05) is 18.2 Å². The Kier molecular flexibility index (Phi) is 5.23. The van der Waals surface area contributed by atoms with Gasteiger partial charge < -0.3 is 19.9 Å². The molecule has 26 heavy (non-hydrogen) atoms. The average Bonchev–Trinajstić information content (AvgIpc) is 2.66. The number of methoxy groups -OCH3 is 2. The van der Waals surface area contributed by atoms with Gasteiger partial charge in [0.1, 0.15) is 11.3 Å². The van der Waals surface area contributed by atoms with E-state index in [0.29, 0.717) is 33.7 Å². The van der Waals surface area contributed by atoms with Crippen molar-refractivity contribution in [3.8, 4) is 11.5 Å². The molecule has 0 saturated carbocycles. The molecule has 1 aromatic heterocycles. The number of para-hydroxylation sites is 1. The molecule has 0 bridgehead atoms. The Hall–Kier alpha value is -2.86. The van der Waals surface area contributed by atoms with E-state index < -0.39 is 6.10 Å². The molecule has 2 aromatic carbocycles. The lowest BCUT2D eigenvalue weighted by atomic mass is 10.1. The van der Waals surface area contributed by atoms with E-state index in [9.17, 15) is 9.50 Å². The van der Waals surface area contributed by atoms with Crippen LogP contribution in [0.3, 0.4) is 0 Å². The molecule has 0 aliphatic heterocycles. The first-order valence-electron chi connectivity index (χ1n) is 8.23. The van der Waals surface area contributed by atoms with Crippen molar-refractivity contribution in [2.75, 3.05) is 26.1 Å². The number of hydrogen-bond donors (Lipinski definition) is 2. The predicted molar refractivity (Wildman–Crippen MR) is 99.4 cm³/mol. The van der Waals surface area contributed by atoms with Crippen molar-refractivity contribution in [3.63, 3.8) is 0 Å². The Morgan fingerprint density at radius 1 is 1.12 bits per heavy atom. The minimum absolute atomic E-state index is 0.255. The Bertz CT molecular complexity index is 930. The largest absolute Gasteiger partial charge is 0.493 e. The fourth-order valence-electron chi connectivity index (χ4n) is 2.87. The van der Waals surface area contributed by atoms with Crippen molar-refractivity contribution in [1.29, 1.82) is 0 Å². The fraction of sp³-hybridized carbons (Fsp3) is 0.250. The van der Waals surface area contributed by atoms with Crippen LogP contribution in [0.4, 0.5) is 10.1 Å². The van der Waals surface area contributed by atoms with Gasteiger partial charge >= 0.3 is 0 Å². The van der Waals surface area contributed by atoms with Crippen molar-refractivity contribution in [3.05, 3.63) is 59.5 Å². The molecular weight excluding hydrogens is 335 g/mol. The van der Waals surface area contributed by atoms with Gasteiger partial charge in [0, 0.05) is 23.3 Å². The molecular formula is C20H21FN2O3. The van der Waals surface area contributed by atoms with E-state index >= 15 is 0 Å². The first-order chi connectivity index (χ1) is 12.5. The molecule has 0 spiro atoms. The molecule has 6 heteroatoms. The second-order valence-corrected chi connectivity index (χ2v) is 5.96. The monoisotopic (exact) mass is 356 g/mol. The number of nitrogens with one attached hydrogen (secondary N) is 1. The topological polar surface area (TPSA) is 63.6 Å². The molecule has 1 heterocycles. The van der Waals surface area contributed by atoms with Crippen LogP contribution in [0.1, 0.15) is 17.4 Å². The molecule has 3 rings (SSSR count). The summed E-state index contributed by atoms with van der Waals surface area (Å²) >= 11 is 0. The van der Waals surface area contributed by atoms with Crippen LogP contribution in [-0.4, -0.2) is 30.9 Å². The smallest absolute Gasteiger partial charge is 0.161 e.